The number of amides is 1. The average Bonchev–Trinajstić information content (AvgIpc) is 3.28. The van der Waals surface area contributed by atoms with Gasteiger partial charge in [-0.05, 0) is 60.4 Å². The summed E-state index contributed by atoms with van der Waals surface area (Å²) in [4.78, 5) is 22.9. The van der Waals surface area contributed by atoms with Crippen LogP contribution in [0.3, 0.4) is 0 Å². The zero-order chi connectivity index (χ0) is 26.4. The Hall–Kier alpha value is -3.75. The highest BCUT2D eigenvalue weighted by Gasteiger charge is 2.24. The fraction of sp³-hybridized carbons (Fsp3) is 0.393. The van der Waals surface area contributed by atoms with Gasteiger partial charge >= 0.3 is 12.1 Å². The third-order valence-electron chi connectivity index (χ3n) is 6.45. The largest absolute Gasteiger partial charge is 0.481 e. The number of halogens is 2. The number of aliphatic carboxylic acids is 1. The lowest BCUT2D eigenvalue weighted by Gasteiger charge is -2.21. The first-order valence-electron chi connectivity index (χ1n) is 12.5. The van der Waals surface area contributed by atoms with Crippen molar-refractivity contribution in [3.63, 3.8) is 0 Å². The van der Waals surface area contributed by atoms with Gasteiger partial charge in [0.25, 0.3) is 5.91 Å². The Morgan fingerprint density at radius 2 is 1.76 bits per heavy atom. The lowest BCUT2D eigenvalue weighted by atomic mass is 9.85. The monoisotopic (exact) mass is 511 g/mol. The molecule has 0 unspecified atom stereocenters. The van der Waals surface area contributed by atoms with Crippen molar-refractivity contribution in [1.29, 1.82) is 0 Å². The molecular weight excluding hydrogens is 480 g/mol. The summed E-state index contributed by atoms with van der Waals surface area (Å²) in [6.07, 6.45) is 4.97. The third-order valence-corrected chi connectivity index (χ3v) is 6.45. The van der Waals surface area contributed by atoms with Gasteiger partial charge in [0, 0.05) is 37.6 Å². The number of carboxylic acids is 1. The number of carbonyl (C=O) groups is 2. The minimum Gasteiger partial charge on any atom is -0.481 e. The van der Waals surface area contributed by atoms with Gasteiger partial charge in [-0.3, -0.25) is 9.59 Å². The van der Waals surface area contributed by atoms with Crippen LogP contribution in [0.1, 0.15) is 78.5 Å². The number of carboxylic acid groups (broad SMARTS) is 1. The molecule has 0 atom stereocenters. The van der Waals surface area contributed by atoms with E-state index in [1.807, 2.05) is 18.3 Å². The SMILES string of the molecule is CC(F)(F)Oc1ccc(-n2cc(Cc3ccc(C(=O)NCCC(=O)O)cc3)c(C3CCCCC3)n2)cc1. The van der Waals surface area contributed by atoms with Crippen LogP contribution in [0.25, 0.3) is 5.69 Å². The molecular formula is C28H31F2N3O4. The Balaban J connectivity index is 1.52. The van der Waals surface area contributed by atoms with Crippen LogP contribution in [0.4, 0.5) is 8.78 Å². The van der Waals surface area contributed by atoms with Crippen LogP contribution < -0.4 is 10.1 Å². The Morgan fingerprint density at radius 3 is 2.38 bits per heavy atom. The lowest BCUT2D eigenvalue weighted by Crippen LogP contribution is -2.25. The van der Waals surface area contributed by atoms with E-state index in [1.165, 1.54) is 31.4 Å². The molecule has 2 aromatic carbocycles. The fourth-order valence-corrected chi connectivity index (χ4v) is 4.66. The van der Waals surface area contributed by atoms with Gasteiger partial charge in [0.15, 0.2) is 0 Å². The van der Waals surface area contributed by atoms with Crippen LogP contribution in [0.15, 0.2) is 54.7 Å². The van der Waals surface area contributed by atoms with E-state index in [9.17, 15) is 18.4 Å². The molecule has 4 rings (SSSR count). The van der Waals surface area contributed by atoms with Crippen molar-refractivity contribution in [2.45, 2.75) is 63.9 Å². The molecule has 1 fully saturated rings. The number of hydrogen-bond donors (Lipinski definition) is 2. The molecule has 1 saturated carbocycles. The number of carbonyl (C=O) groups excluding carboxylic acids is 1. The standard InChI is InChI=1S/C28H31F2N3O4/c1-28(29,30)37-24-13-11-23(12-14-24)33-18-22(26(32-33)20-5-3-2-4-6-20)17-19-7-9-21(10-8-19)27(36)31-16-15-25(34)35/h7-14,18,20H,2-6,15-17H2,1H3,(H,31,36)(H,34,35). The Kier molecular flexibility index (Phi) is 8.21. The molecule has 0 spiro atoms. The molecule has 3 aromatic rings. The summed E-state index contributed by atoms with van der Waals surface area (Å²) in [5, 5.41) is 16.2. The lowest BCUT2D eigenvalue weighted by molar-refractivity contribution is -0.159. The molecule has 1 heterocycles. The predicted octanol–water partition coefficient (Wildman–Crippen LogP) is 5.71. The minimum atomic E-state index is -3.25. The molecule has 7 nitrogen and oxygen atoms in total. The predicted molar refractivity (Wildman–Crippen MR) is 134 cm³/mol. The van der Waals surface area contributed by atoms with E-state index in [0.717, 1.165) is 35.3 Å². The van der Waals surface area contributed by atoms with Crippen LogP contribution in [0.5, 0.6) is 5.75 Å². The van der Waals surface area contributed by atoms with Gasteiger partial charge in [0.1, 0.15) is 5.75 Å². The molecule has 0 aliphatic heterocycles. The van der Waals surface area contributed by atoms with Gasteiger partial charge in [0.2, 0.25) is 0 Å². The molecule has 1 aliphatic rings. The summed E-state index contributed by atoms with van der Waals surface area (Å²) in [7, 11) is 0. The maximum absolute atomic E-state index is 13.2. The summed E-state index contributed by atoms with van der Waals surface area (Å²) < 4.78 is 32.8. The van der Waals surface area contributed by atoms with Crippen LogP contribution in [0.2, 0.25) is 0 Å². The molecule has 2 N–H and O–H groups in total. The number of hydrogen-bond acceptors (Lipinski definition) is 4. The highest BCUT2D eigenvalue weighted by atomic mass is 19.3. The summed E-state index contributed by atoms with van der Waals surface area (Å²) in [6.45, 7) is 0.781. The fourth-order valence-electron chi connectivity index (χ4n) is 4.66. The first-order valence-corrected chi connectivity index (χ1v) is 12.5. The highest BCUT2D eigenvalue weighted by molar-refractivity contribution is 5.94. The molecule has 196 valence electrons. The number of ether oxygens (including phenoxy) is 1. The van der Waals surface area contributed by atoms with Crippen molar-refractivity contribution in [3.8, 4) is 11.4 Å². The van der Waals surface area contributed by atoms with Gasteiger partial charge in [-0.1, -0.05) is 31.4 Å². The van der Waals surface area contributed by atoms with E-state index in [1.54, 1.807) is 28.9 Å². The molecule has 37 heavy (non-hydrogen) atoms. The van der Waals surface area contributed by atoms with Gasteiger partial charge in [-0.15, -0.1) is 0 Å². The minimum absolute atomic E-state index is 0.0772. The quantitative estimate of drug-likeness (QED) is 0.364. The van der Waals surface area contributed by atoms with E-state index in [4.69, 9.17) is 10.2 Å². The van der Waals surface area contributed by atoms with E-state index in [-0.39, 0.29) is 24.6 Å². The topological polar surface area (TPSA) is 93.5 Å². The average molecular weight is 512 g/mol. The number of rotatable bonds is 10. The highest BCUT2D eigenvalue weighted by Crippen LogP contribution is 2.35. The Bertz CT molecular complexity index is 1210. The van der Waals surface area contributed by atoms with Crippen LogP contribution >= 0.6 is 0 Å². The van der Waals surface area contributed by atoms with Gasteiger partial charge in [-0.2, -0.15) is 13.9 Å². The van der Waals surface area contributed by atoms with Crippen molar-refractivity contribution in [3.05, 3.63) is 77.1 Å². The Morgan fingerprint density at radius 1 is 1.08 bits per heavy atom. The molecule has 1 amide bonds. The maximum atomic E-state index is 13.2. The second kappa shape index (κ2) is 11.5. The van der Waals surface area contributed by atoms with Crippen molar-refractivity contribution in [2.24, 2.45) is 0 Å². The van der Waals surface area contributed by atoms with Crippen LogP contribution in [-0.4, -0.2) is 39.4 Å². The van der Waals surface area contributed by atoms with E-state index in [0.29, 0.717) is 24.8 Å². The van der Waals surface area contributed by atoms with Gasteiger partial charge in [-0.25, -0.2) is 4.68 Å². The van der Waals surface area contributed by atoms with Crippen LogP contribution in [-0.2, 0) is 11.2 Å². The van der Waals surface area contributed by atoms with E-state index >= 15 is 0 Å². The number of alkyl halides is 2. The number of benzene rings is 2. The molecule has 1 aliphatic carbocycles. The second-order valence-electron chi connectivity index (χ2n) is 9.50. The zero-order valence-electron chi connectivity index (χ0n) is 20.8. The molecule has 9 heteroatoms. The Labute approximate surface area is 214 Å². The zero-order valence-corrected chi connectivity index (χ0v) is 20.8. The molecule has 0 saturated heterocycles. The van der Waals surface area contributed by atoms with Crippen molar-refractivity contribution >= 4 is 11.9 Å². The normalized spacial score (nSPS) is 14.4. The molecule has 0 bridgehead atoms. The second-order valence-corrected chi connectivity index (χ2v) is 9.50. The third kappa shape index (κ3) is 7.38. The number of nitrogens with one attached hydrogen (secondary N) is 1. The van der Waals surface area contributed by atoms with Gasteiger partial charge in [0.05, 0.1) is 17.8 Å². The van der Waals surface area contributed by atoms with Gasteiger partial charge < -0.3 is 15.2 Å². The number of aromatic nitrogens is 2. The van der Waals surface area contributed by atoms with E-state index < -0.39 is 12.1 Å². The summed E-state index contributed by atoms with van der Waals surface area (Å²) in [5.41, 5.74) is 4.38. The summed E-state index contributed by atoms with van der Waals surface area (Å²) >= 11 is 0. The molecule has 0 radical (unpaired) electrons. The molecule has 1 aromatic heterocycles. The first-order chi connectivity index (χ1) is 17.7. The van der Waals surface area contributed by atoms with Crippen molar-refractivity contribution in [2.75, 3.05) is 6.54 Å². The smallest absolute Gasteiger partial charge is 0.394 e. The van der Waals surface area contributed by atoms with Crippen LogP contribution in [0, 0.1) is 0 Å². The van der Waals surface area contributed by atoms with Crippen molar-refractivity contribution in [1.82, 2.24) is 15.1 Å². The van der Waals surface area contributed by atoms with E-state index in [2.05, 4.69) is 10.1 Å². The summed E-state index contributed by atoms with van der Waals surface area (Å²) in [6, 6.07) is 13.7. The number of nitrogens with zero attached hydrogens (tertiary/aromatic N) is 2. The van der Waals surface area contributed by atoms with Crippen molar-refractivity contribution < 1.29 is 28.2 Å². The maximum Gasteiger partial charge on any atom is 0.394 e. The summed E-state index contributed by atoms with van der Waals surface area (Å²) in [5.74, 6) is -0.817. The first kappa shape index (κ1) is 26.3.